The highest BCUT2D eigenvalue weighted by Crippen LogP contribution is 2.21. The Morgan fingerprint density at radius 1 is 1.04 bits per heavy atom. The SMILES string of the molecule is Cc1cccc(CNS(=O)(=O)c2nnc(NC(=O)c3cccc(C)c3)s2)c1. The lowest BCUT2D eigenvalue weighted by Gasteiger charge is -2.04. The van der Waals surface area contributed by atoms with Crippen LogP contribution >= 0.6 is 11.3 Å². The molecule has 0 saturated heterocycles. The Morgan fingerprint density at radius 3 is 2.44 bits per heavy atom. The number of carbonyl (C=O) groups excluding carboxylic acids is 1. The molecule has 0 saturated carbocycles. The minimum Gasteiger partial charge on any atom is -0.296 e. The first-order valence-corrected chi connectivity index (χ1v) is 10.4. The van der Waals surface area contributed by atoms with E-state index in [9.17, 15) is 13.2 Å². The molecular formula is C18H18N4O3S2. The van der Waals surface area contributed by atoms with E-state index < -0.39 is 10.0 Å². The molecule has 2 N–H and O–H groups in total. The van der Waals surface area contributed by atoms with Crippen LogP contribution in [0.3, 0.4) is 0 Å². The molecule has 1 heterocycles. The predicted molar refractivity (Wildman–Crippen MR) is 104 cm³/mol. The van der Waals surface area contributed by atoms with Crippen LogP contribution in [-0.4, -0.2) is 24.5 Å². The number of rotatable bonds is 6. The largest absolute Gasteiger partial charge is 0.296 e. The molecule has 0 radical (unpaired) electrons. The molecule has 3 aromatic rings. The first-order valence-electron chi connectivity index (χ1n) is 8.10. The van der Waals surface area contributed by atoms with Gasteiger partial charge >= 0.3 is 0 Å². The summed E-state index contributed by atoms with van der Waals surface area (Å²) in [6, 6.07) is 14.6. The van der Waals surface area contributed by atoms with Crippen LogP contribution in [0.2, 0.25) is 0 Å². The zero-order valence-electron chi connectivity index (χ0n) is 14.8. The fraction of sp³-hybridized carbons (Fsp3) is 0.167. The van der Waals surface area contributed by atoms with E-state index >= 15 is 0 Å². The van der Waals surface area contributed by atoms with Gasteiger partial charge in [-0.05, 0) is 31.5 Å². The molecule has 27 heavy (non-hydrogen) atoms. The second-order valence-corrected chi connectivity index (χ2v) is 8.93. The first-order chi connectivity index (χ1) is 12.8. The standard InChI is InChI=1S/C18H18N4O3S2/c1-12-5-3-7-14(9-12)11-19-27(24,25)18-22-21-17(26-18)20-16(23)15-8-4-6-13(2)10-15/h3-10,19H,11H2,1-2H3,(H,20,21,23). The van der Waals surface area contributed by atoms with E-state index in [1.165, 1.54) is 0 Å². The van der Waals surface area contributed by atoms with Gasteiger partial charge in [-0.2, -0.15) is 0 Å². The Labute approximate surface area is 161 Å². The van der Waals surface area contributed by atoms with Gasteiger partial charge in [-0.3, -0.25) is 10.1 Å². The summed E-state index contributed by atoms with van der Waals surface area (Å²) in [5, 5.41) is 10.1. The molecule has 0 aliphatic heterocycles. The number of benzene rings is 2. The van der Waals surface area contributed by atoms with Gasteiger partial charge in [-0.25, -0.2) is 13.1 Å². The van der Waals surface area contributed by atoms with Gasteiger partial charge in [0.2, 0.25) is 9.47 Å². The van der Waals surface area contributed by atoms with E-state index in [0.29, 0.717) is 5.56 Å². The summed E-state index contributed by atoms with van der Waals surface area (Å²) in [5.74, 6) is -0.369. The monoisotopic (exact) mass is 402 g/mol. The molecule has 1 aromatic heterocycles. The highest BCUT2D eigenvalue weighted by molar-refractivity contribution is 7.91. The minimum atomic E-state index is -3.81. The molecule has 140 valence electrons. The van der Waals surface area contributed by atoms with Gasteiger partial charge in [0.25, 0.3) is 15.9 Å². The van der Waals surface area contributed by atoms with Gasteiger partial charge in [-0.15, -0.1) is 10.2 Å². The predicted octanol–water partition coefficient (Wildman–Crippen LogP) is 2.89. The maximum absolute atomic E-state index is 12.4. The van der Waals surface area contributed by atoms with Crippen molar-refractivity contribution in [3.8, 4) is 0 Å². The fourth-order valence-corrected chi connectivity index (χ4v) is 4.34. The molecule has 1 amide bonds. The Balaban J connectivity index is 1.67. The number of carbonyl (C=O) groups is 1. The second kappa shape index (κ2) is 7.95. The Kier molecular flexibility index (Phi) is 5.64. The molecule has 0 bridgehead atoms. The molecule has 0 atom stereocenters. The average Bonchev–Trinajstić information content (AvgIpc) is 3.10. The van der Waals surface area contributed by atoms with Crippen LogP contribution in [0.1, 0.15) is 27.0 Å². The third-order valence-electron chi connectivity index (χ3n) is 3.69. The first kappa shape index (κ1) is 19.2. The minimum absolute atomic E-state index is 0.123. The number of amides is 1. The number of hydrogen-bond acceptors (Lipinski definition) is 6. The van der Waals surface area contributed by atoms with E-state index in [1.54, 1.807) is 18.2 Å². The third kappa shape index (κ3) is 4.97. The van der Waals surface area contributed by atoms with Crippen LogP contribution in [0, 0.1) is 13.8 Å². The topological polar surface area (TPSA) is 101 Å². The molecule has 0 aliphatic rings. The molecule has 7 nitrogen and oxygen atoms in total. The van der Waals surface area contributed by atoms with E-state index in [0.717, 1.165) is 28.0 Å². The molecule has 0 spiro atoms. The number of aryl methyl sites for hydroxylation is 2. The van der Waals surface area contributed by atoms with Crippen molar-refractivity contribution in [1.82, 2.24) is 14.9 Å². The number of sulfonamides is 1. The van der Waals surface area contributed by atoms with Gasteiger partial charge in [0.05, 0.1) is 0 Å². The normalized spacial score (nSPS) is 11.3. The van der Waals surface area contributed by atoms with Gasteiger partial charge in [0.15, 0.2) is 0 Å². The van der Waals surface area contributed by atoms with Crippen LogP contribution in [0.4, 0.5) is 5.13 Å². The highest BCUT2D eigenvalue weighted by Gasteiger charge is 2.21. The van der Waals surface area contributed by atoms with Gasteiger partial charge < -0.3 is 0 Å². The van der Waals surface area contributed by atoms with Crippen LogP contribution in [0.5, 0.6) is 0 Å². The summed E-state index contributed by atoms with van der Waals surface area (Å²) < 4.78 is 27.1. The molecule has 0 aliphatic carbocycles. The van der Waals surface area contributed by atoms with Crippen molar-refractivity contribution in [3.63, 3.8) is 0 Å². The smallest absolute Gasteiger partial charge is 0.270 e. The third-order valence-corrected chi connectivity index (χ3v) is 6.29. The van der Waals surface area contributed by atoms with E-state index in [-0.39, 0.29) is 21.9 Å². The van der Waals surface area contributed by atoms with Crippen molar-refractivity contribution in [1.29, 1.82) is 0 Å². The van der Waals surface area contributed by atoms with Crippen molar-refractivity contribution in [2.75, 3.05) is 5.32 Å². The molecule has 9 heteroatoms. The number of anilines is 1. The van der Waals surface area contributed by atoms with Crippen molar-refractivity contribution >= 4 is 32.4 Å². The number of aromatic nitrogens is 2. The van der Waals surface area contributed by atoms with Crippen LogP contribution < -0.4 is 10.0 Å². The van der Waals surface area contributed by atoms with Crippen LogP contribution in [-0.2, 0) is 16.6 Å². The summed E-state index contributed by atoms with van der Waals surface area (Å²) in [6.45, 7) is 3.97. The number of nitrogens with one attached hydrogen (secondary N) is 2. The highest BCUT2D eigenvalue weighted by atomic mass is 32.2. The van der Waals surface area contributed by atoms with Crippen molar-refractivity contribution in [2.24, 2.45) is 0 Å². The lowest BCUT2D eigenvalue weighted by Crippen LogP contribution is -2.23. The van der Waals surface area contributed by atoms with Gasteiger partial charge in [-0.1, -0.05) is 58.9 Å². The maximum atomic E-state index is 12.4. The average molecular weight is 403 g/mol. The van der Waals surface area contributed by atoms with Crippen molar-refractivity contribution < 1.29 is 13.2 Å². The van der Waals surface area contributed by atoms with E-state index in [1.807, 2.05) is 44.2 Å². The number of nitrogens with zero attached hydrogens (tertiary/aromatic N) is 2. The maximum Gasteiger partial charge on any atom is 0.270 e. The van der Waals surface area contributed by atoms with E-state index in [2.05, 4.69) is 20.2 Å². The molecule has 3 rings (SSSR count). The van der Waals surface area contributed by atoms with E-state index in [4.69, 9.17) is 0 Å². The van der Waals surface area contributed by atoms with Crippen molar-refractivity contribution in [3.05, 3.63) is 70.8 Å². The lowest BCUT2D eigenvalue weighted by atomic mass is 10.1. The van der Waals surface area contributed by atoms with Crippen LogP contribution in [0.25, 0.3) is 0 Å². The summed E-state index contributed by atoms with van der Waals surface area (Å²) >= 11 is 0.801. The molecule has 2 aromatic carbocycles. The second-order valence-electron chi connectivity index (χ2n) is 6.01. The van der Waals surface area contributed by atoms with Crippen LogP contribution in [0.15, 0.2) is 52.9 Å². The summed E-state index contributed by atoms with van der Waals surface area (Å²) in [6.07, 6.45) is 0. The van der Waals surface area contributed by atoms with Gasteiger partial charge in [0.1, 0.15) is 0 Å². The Bertz CT molecular complexity index is 1080. The molecular weight excluding hydrogens is 384 g/mol. The number of hydrogen-bond donors (Lipinski definition) is 2. The molecule has 0 unspecified atom stereocenters. The fourth-order valence-electron chi connectivity index (χ4n) is 2.39. The zero-order chi connectivity index (χ0) is 19.4. The molecule has 0 fully saturated rings. The summed E-state index contributed by atoms with van der Waals surface area (Å²) in [5.41, 5.74) is 3.30. The quantitative estimate of drug-likeness (QED) is 0.618. The van der Waals surface area contributed by atoms with Crippen molar-refractivity contribution in [2.45, 2.75) is 24.7 Å². The van der Waals surface area contributed by atoms with Gasteiger partial charge in [0, 0.05) is 12.1 Å². The summed E-state index contributed by atoms with van der Waals surface area (Å²) in [7, 11) is -3.81. The Hall–Kier alpha value is -2.62. The zero-order valence-corrected chi connectivity index (χ0v) is 16.4. The Morgan fingerprint density at radius 2 is 1.74 bits per heavy atom. The summed E-state index contributed by atoms with van der Waals surface area (Å²) in [4.78, 5) is 12.2. The lowest BCUT2D eigenvalue weighted by molar-refractivity contribution is 0.102.